The van der Waals surface area contributed by atoms with Crippen molar-refractivity contribution in [2.24, 2.45) is 4.99 Å². The maximum atomic E-state index is 13.3. The van der Waals surface area contributed by atoms with Crippen LogP contribution in [0.5, 0.6) is 0 Å². The second-order valence-electron chi connectivity index (χ2n) is 5.04. The van der Waals surface area contributed by atoms with E-state index in [-0.39, 0.29) is 5.82 Å². The van der Waals surface area contributed by atoms with Crippen molar-refractivity contribution in [3.8, 4) is 0 Å². The Balaban J connectivity index is 1.85. The molecule has 0 aliphatic carbocycles. The zero-order chi connectivity index (χ0) is 15.8. The molecule has 22 heavy (non-hydrogen) atoms. The molecule has 2 aromatic rings. The summed E-state index contributed by atoms with van der Waals surface area (Å²) in [7, 11) is 1.76. The van der Waals surface area contributed by atoms with Gasteiger partial charge in [0.1, 0.15) is 5.82 Å². The van der Waals surface area contributed by atoms with Crippen molar-refractivity contribution >= 4 is 16.9 Å². The highest BCUT2D eigenvalue weighted by atomic mass is 19.1. The standard InChI is InChI=1S/C17H23FN4/c1-3-4-5-9-20-17(19-2)21-10-8-13-12-22-16-7-6-14(18)11-15(13)16/h3-4,6-7,11-12,22H,5,8-10H2,1-2H3,(H2,19,20,21)/b4-3+. The van der Waals surface area contributed by atoms with E-state index in [9.17, 15) is 4.39 Å². The summed E-state index contributed by atoms with van der Waals surface area (Å²) in [6.45, 7) is 3.60. The first-order valence-corrected chi connectivity index (χ1v) is 7.55. The predicted molar refractivity (Wildman–Crippen MR) is 90.8 cm³/mol. The first-order chi connectivity index (χ1) is 10.7. The molecule has 0 saturated heterocycles. The number of halogens is 1. The smallest absolute Gasteiger partial charge is 0.190 e. The lowest BCUT2D eigenvalue weighted by Gasteiger charge is -2.10. The van der Waals surface area contributed by atoms with Gasteiger partial charge < -0.3 is 15.6 Å². The number of guanidine groups is 1. The minimum Gasteiger partial charge on any atom is -0.361 e. The summed E-state index contributed by atoms with van der Waals surface area (Å²) in [5.74, 6) is 0.582. The van der Waals surface area contributed by atoms with Crippen LogP contribution in [0.4, 0.5) is 4.39 Å². The highest BCUT2D eigenvalue weighted by Gasteiger charge is 2.05. The first-order valence-electron chi connectivity index (χ1n) is 7.55. The third kappa shape index (κ3) is 4.35. The van der Waals surface area contributed by atoms with Crippen molar-refractivity contribution in [1.29, 1.82) is 0 Å². The van der Waals surface area contributed by atoms with Crippen LogP contribution in [0, 0.1) is 5.82 Å². The molecule has 1 heterocycles. The molecule has 0 aliphatic heterocycles. The fourth-order valence-electron chi connectivity index (χ4n) is 2.33. The number of fused-ring (bicyclic) bond motifs is 1. The lowest BCUT2D eigenvalue weighted by atomic mass is 10.1. The summed E-state index contributed by atoms with van der Waals surface area (Å²) >= 11 is 0. The van der Waals surface area contributed by atoms with Gasteiger partial charge in [-0.3, -0.25) is 4.99 Å². The molecule has 1 aromatic carbocycles. The van der Waals surface area contributed by atoms with E-state index in [0.29, 0.717) is 0 Å². The van der Waals surface area contributed by atoms with Crippen LogP contribution < -0.4 is 10.6 Å². The number of H-pyrrole nitrogens is 1. The molecule has 0 aliphatic rings. The Labute approximate surface area is 130 Å². The number of aliphatic imine (C=N–C) groups is 1. The van der Waals surface area contributed by atoms with Crippen molar-refractivity contribution in [2.45, 2.75) is 19.8 Å². The number of nitrogens with one attached hydrogen (secondary N) is 3. The van der Waals surface area contributed by atoms with E-state index in [4.69, 9.17) is 0 Å². The van der Waals surface area contributed by atoms with Crippen LogP contribution in [-0.4, -0.2) is 31.1 Å². The van der Waals surface area contributed by atoms with Gasteiger partial charge in [0.05, 0.1) is 0 Å². The number of nitrogens with zero attached hydrogens (tertiary/aromatic N) is 1. The minimum atomic E-state index is -0.206. The summed E-state index contributed by atoms with van der Waals surface area (Å²) in [5.41, 5.74) is 2.07. The number of allylic oxidation sites excluding steroid dienone is 1. The van der Waals surface area contributed by atoms with Crippen LogP contribution >= 0.6 is 0 Å². The van der Waals surface area contributed by atoms with Crippen LogP contribution in [0.3, 0.4) is 0 Å². The van der Waals surface area contributed by atoms with E-state index in [1.54, 1.807) is 19.2 Å². The van der Waals surface area contributed by atoms with Crippen LogP contribution in [0.2, 0.25) is 0 Å². The predicted octanol–water partition coefficient (Wildman–Crippen LogP) is 2.98. The van der Waals surface area contributed by atoms with E-state index in [2.05, 4.69) is 26.7 Å². The van der Waals surface area contributed by atoms with Crippen LogP contribution in [0.15, 0.2) is 41.5 Å². The summed E-state index contributed by atoms with van der Waals surface area (Å²) in [6.07, 6.45) is 7.86. The van der Waals surface area contributed by atoms with Gasteiger partial charge in [-0.15, -0.1) is 0 Å². The maximum Gasteiger partial charge on any atom is 0.190 e. The van der Waals surface area contributed by atoms with E-state index >= 15 is 0 Å². The third-order valence-corrected chi connectivity index (χ3v) is 3.48. The molecule has 0 bridgehead atoms. The van der Waals surface area contributed by atoms with Gasteiger partial charge in [0.25, 0.3) is 0 Å². The van der Waals surface area contributed by atoms with Crippen molar-refractivity contribution in [1.82, 2.24) is 15.6 Å². The summed E-state index contributed by atoms with van der Waals surface area (Å²) in [4.78, 5) is 7.35. The molecule has 2 rings (SSSR count). The van der Waals surface area contributed by atoms with Gasteiger partial charge >= 0.3 is 0 Å². The number of hydrogen-bond acceptors (Lipinski definition) is 1. The van der Waals surface area contributed by atoms with Crippen molar-refractivity contribution in [3.05, 3.63) is 47.9 Å². The van der Waals surface area contributed by atoms with Crippen molar-refractivity contribution in [2.75, 3.05) is 20.1 Å². The zero-order valence-electron chi connectivity index (χ0n) is 13.1. The molecule has 118 valence electrons. The molecule has 0 unspecified atom stereocenters. The number of benzene rings is 1. The molecule has 0 spiro atoms. The third-order valence-electron chi connectivity index (χ3n) is 3.48. The zero-order valence-corrected chi connectivity index (χ0v) is 13.1. The Morgan fingerprint density at radius 1 is 1.32 bits per heavy atom. The van der Waals surface area contributed by atoms with E-state index in [1.807, 2.05) is 19.2 Å². The molecule has 4 nitrogen and oxygen atoms in total. The molecule has 0 radical (unpaired) electrons. The number of aromatic amines is 1. The normalized spacial score (nSPS) is 12.2. The summed E-state index contributed by atoms with van der Waals surface area (Å²) < 4.78 is 13.3. The van der Waals surface area contributed by atoms with Gasteiger partial charge in [0, 0.05) is 37.2 Å². The average molecular weight is 302 g/mol. The molecule has 0 amide bonds. The number of rotatable bonds is 6. The molecule has 5 heteroatoms. The maximum absolute atomic E-state index is 13.3. The molecular weight excluding hydrogens is 279 g/mol. The molecule has 3 N–H and O–H groups in total. The van der Waals surface area contributed by atoms with Gasteiger partial charge in [-0.2, -0.15) is 0 Å². The first kappa shape index (κ1) is 16.1. The largest absolute Gasteiger partial charge is 0.361 e. The Hall–Kier alpha value is -2.30. The highest BCUT2D eigenvalue weighted by molar-refractivity contribution is 5.83. The molecule has 1 aromatic heterocycles. The Morgan fingerprint density at radius 3 is 2.91 bits per heavy atom. The van der Waals surface area contributed by atoms with Crippen molar-refractivity contribution < 1.29 is 4.39 Å². The SMILES string of the molecule is C/C=C/CCNC(=NC)NCCc1c[nH]c2ccc(F)cc12. The van der Waals surface area contributed by atoms with Gasteiger partial charge in [0.2, 0.25) is 0 Å². The van der Waals surface area contributed by atoms with Crippen LogP contribution in [0.25, 0.3) is 10.9 Å². The Bertz CT molecular complexity index is 658. The van der Waals surface area contributed by atoms with Crippen LogP contribution in [0.1, 0.15) is 18.9 Å². The fourth-order valence-corrected chi connectivity index (χ4v) is 2.33. The van der Waals surface area contributed by atoms with Gasteiger partial charge in [-0.05, 0) is 43.5 Å². The second-order valence-corrected chi connectivity index (χ2v) is 5.04. The molecule has 0 atom stereocenters. The Kier molecular flexibility index (Phi) is 6.01. The van der Waals surface area contributed by atoms with E-state index in [0.717, 1.165) is 48.4 Å². The highest BCUT2D eigenvalue weighted by Crippen LogP contribution is 2.19. The van der Waals surface area contributed by atoms with Crippen LogP contribution in [-0.2, 0) is 6.42 Å². The second kappa shape index (κ2) is 8.22. The number of aromatic nitrogens is 1. The summed E-state index contributed by atoms with van der Waals surface area (Å²) in [5, 5.41) is 7.46. The van der Waals surface area contributed by atoms with E-state index < -0.39 is 0 Å². The molecule has 0 saturated carbocycles. The fraction of sp³-hybridized carbons (Fsp3) is 0.353. The number of hydrogen-bond donors (Lipinski definition) is 3. The summed E-state index contributed by atoms with van der Waals surface area (Å²) in [6, 6.07) is 4.81. The quantitative estimate of drug-likeness (QED) is 0.332. The van der Waals surface area contributed by atoms with Gasteiger partial charge in [-0.1, -0.05) is 12.2 Å². The monoisotopic (exact) mass is 302 g/mol. The lowest BCUT2D eigenvalue weighted by molar-refractivity contribution is 0.629. The average Bonchev–Trinajstić information content (AvgIpc) is 2.92. The van der Waals surface area contributed by atoms with Gasteiger partial charge in [0.15, 0.2) is 5.96 Å². The molecular formula is C17H23FN4. The molecule has 0 fully saturated rings. The van der Waals surface area contributed by atoms with Gasteiger partial charge in [-0.25, -0.2) is 4.39 Å². The lowest BCUT2D eigenvalue weighted by Crippen LogP contribution is -2.38. The topological polar surface area (TPSA) is 52.2 Å². The Morgan fingerprint density at radius 2 is 2.14 bits per heavy atom. The van der Waals surface area contributed by atoms with E-state index in [1.165, 1.54) is 6.07 Å². The van der Waals surface area contributed by atoms with Crippen molar-refractivity contribution in [3.63, 3.8) is 0 Å². The minimum absolute atomic E-state index is 0.206.